The number of quaternary nitrogens is 1. The Hall–Kier alpha value is -0.120. The molecular formula is C12H23N3. The van der Waals surface area contributed by atoms with E-state index in [2.05, 4.69) is 16.8 Å². The summed E-state index contributed by atoms with van der Waals surface area (Å²) in [5, 5.41) is 0. The first-order valence-electron chi connectivity index (χ1n) is 6.46. The average molecular weight is 209 g/mol. The first kappa shape index (κ1) is 10.1. The standard InChI is InChI=1S/C12H23N3/c1-13-6-8-15(9-7-13)12-10-14-4-2-11(12)3-5-14/h11-13H,1-10H2. The van der Waals surface area contributed by atoms with Crippen molar-refractivity contribution in [1.82, 2.24) is 9.80 Å². The van der Waals surface area contributed by atoms with Gasteiger partial charge in [-0.05, 0) is 31.8 Å². The van der Waals surface area contributed by atoms with E-state index in [-0.39, 0.29) is 0 Å². The summed E-state index contributed by atoms with van der Waals surface area (Å²) in [7, 11) is 4.10. The number of nitrogens with zero attached hydrogens (tertiary/aromatic N) is 2. The lowest BCUT2D eigenvalue weighted by atomic mass is 9.83. The van der Waals surface area contributed by atoms with Crippen molar-refractivity contribution in [3.63, 3.8) is 0 Å². The lowest BCUT2D eigenvalue weighted by Crippen LogP contribution is -3.10. The van der Waals surface area contributed by atoms with Gasteiger partial charge in [-0.3, -0.25) is 4.90 Å². The van der Waals surface area contributed by atoms with Gasteiger partial charge < -0.3 is 9.80 Å². The first-order valence-corrected chi connectivity index (χ1v) is 6.46. The molecule has 0 radical (unpaired) electrons. The van der Waals surface area contributed by atoms with Crippen molar-refractivity contribution in [2.75, 3.05) is 45.8 Å². The third-order valence-electron chi connectivity index (χ3n) is 4.60. The van der Waals surface area contributed by atoms with Gasteiger partial charge in [0.2, 0.25) is 0 Å². The molecule has 1 atom stereocenters. The molecule has 0 spiro atoms. The molecule has 0 aromatic rings. The van der Waals surface area contributed by atoms with Crippen LogP contribution in [0.3, 0.4) is 0 Å². The summed E-state index contributed by atoms with van der Waals surface area (Å²) in [5.41, 5.74) is 0. The molecule has 3 nitrogen and oxygen atoms in total. The van der Waals surface area contributed by atoms with E-state index in [1.165, 1.54) is 63.6 Å². The topological polar surface area (TPSA) is 10.9 Å². The number of rotatable bonds is 1. The number of hydrogen-bond donors (Lipinski definition) is 1. The highest BCUT2D eigenvalue weighted by atomic mass is 15.3. The van der Waals surface area contributed by atoms with Crippen LogP contribution in [0.5, 0.6) is 0 Å². The zero-order chi connectivity index (χ0) is 10.3. The van der Waals surface area contributed by atoms with Crippen LogP contribution in [-0.2, 0) is 0 Å². The van der Waals surface area contributed by atoms with Crippen LogP contribution in [0.2, 0.25) is 0 Å². The second kappa shape index (κ2) is 4.04. The summed E-state index contributed by atoms with van der Waals surface area (Å²) < 4.78 is 0. The van der Waals surface area contributed by atoms with Crippen molar-refractivity contribution in [1.29, 1.82) is 0 Å². The van der Waals surface area contributed by atoms with Crippen LogP contribution in [0.15, 0.2) is 0 Å². The number of piperidine rings is 3. The van der Waals surface area contributed by atoms with Crippen LogP contribution >= 0.6 is 0 Å². The maximum atomic E-state index is 4.10. The third kappa shape index (κ3) is 1.93. The second-order valence-electron chi connectivity index (χ2n) is 5.49. The fourth-order valence-electron chi connectivity index (χ4n) is 3.52. The van der Waals surface area contributed by atoms with Crippen LogP contribution in [-0.4, -0.2) is 61.7 Å². The fraction of sp³-hybridized carbons (Fsp3) is 0.917. The highest BCUT2D eigenvalue weighted by Gasteiger charge is 2.38. The molecule has 4 aliphatic rings. The Morgan fingerprint density at radius 3 is 2.20 bits per heavy atom. The summed E-state index contributed by atoms with van der Waals surface area (Å²) in [6.07, 6.45) is 2.89. The van der Waals surface area contributed by atoms with Gasteiger partial charge in [0.25, 0.3) is 0 Å². The van der Waals surface area contributed by atoms with E-state index in [0.717, 1.165) is 12.0 Å². The van der Waals surface area contributed by atoms with Crippen molar-refractivity contribution in [3.05, 3.63) is 7.05 Å². The van der Waals surface area contributed by atoms with E-state index in [9.17, 15) is 0 Å². The van der Waals surface area contributed by atoms with Gasteiger partial charge in [-0.25, -0.2) is 0 Å². The molecule has 0 amide bonds. The predicted molar refractivity (Wildman–Crippen MR) is 60.6 cm³/mol. The van der Waals surface area contributed by atoms with Crippen molar-refractivity contribution in [2.24, 2.45) is 5.92 Å². The minimum Gasteiger partial charge on any atom is -0.466 e. The average Bonchev–Trinajstić information content (AvgIpc) is 2.31. The molecule has 86 valence electrons. The maximum Gasteiger partial charge on any atom is 0.0660 e. The zero-order valence-electron chi connectivity index (χ0n) is 9.62. The lowest BCUT2D eigenvalue weighted by Gasteiger charge is -2.50. The monoisotopic (exact) mass is 209 g/mol. The highest BCUT2D eigenvalue weighted by molar-refractivity contribution is 4.92. The molecule has 4 heterocycles. The van der Waals surface area contributed by atoms with Gasteiger partial charge in [-0.1, -0.05) is 0 Å². The van der Waals surface area contributed by atoms with Gasteiger partial charge in [0.1, 0.15) is 0 Å². The van der Waals surface area contributed by atoms with E-state index in [1.54, 1.807) is 0 Å². The van der Waals surface area contributed by atoms with Gasteiger partial charge in [0.05, 0.1) is 13.1 Å². The molecule has 1 N–H and O–H groups in total. The van der Waals surface area contributed by atoms with Gasteiger partial charge in [-0.2, -0.15) is 7.05 Å². The second-order valence-corrected chi connectivity index (χ2v) is 5.49. The Balaban J connectivity index is 1.62. The molecule has 1 unspecified atom stereocenters. The molecule has 0 aromatic heterocycles. The van der Waals surface area contributed by atoms with Crippen LogP contribution < -0.4 is 4.90 Å². The molecule has 4 fully saturated rings. The number of hydrogen-bond acceptors (Lipinski definition) is 2. The van der Waals surface area contributed by atoms with Crippen molar-refractivity contribution in [3.8, 4) is 0 Å². The van der Waals surface area contributed by atoms with Gasteiger partial charge >= 0.3 is 0 Å². The Labute approximate surface area is 93.0 Å². The summed E-state index contributed by atoms with van der Waals surface area (Å²) in [6.45, 7) is 9.09. The normalized spacial score (nSPS) is 43.4. The fourth-order valence-corrected chi connectivity index (χ4v) is 3.52. The highest BCUT2D eigenvalue weighted by Crippen LogP contribution is 2.30. The maximum absolute atomic E-state index is 4.10. The van der Waals surface area contributed by atoms with Crippen LogP contribution in [0.25, 0.3) is 0 Å². The molecule has 0 aromatic carbocycles. The van der Waals surface area contributed by atoms with Crippen molar-refractivity contribution < 1.29 is 4.90 Å². The van der Waals surface area contributed by atoms with E-state index < -0.39 is 0 Å². The number of fused-ring (bicyclic) bond motifs is 3. The van der Waals surface area contributed by atoms with Crippen LogP contribution in [0, 0.1) is 13.0 Å². The zero-order valence-corrected chi connectivity index (χ0v) is 9.62. The first-order chi connectivity index (χ1) is 7.33. The molecular weight excluding hydrogens is 186 g/mol. The Morgan fingerprint density at radius 2 is 1.67 bits per heavy atom. The minimum absolute atomic E-state index is 0.876. The molecule has 4 saturated heterocycles. The number of nitrogens with one attached hydrogen (secondary N) is 1. The number of piperazine rings is 1. The molecule has 3 heteroatoms. The molecule has 4 rings (SSSR count). The van der Waals surface area contributed by atoms with Crippen molar-refractivity contribution >= 4 is 0 Å². The molecule has 0 aliphatic carbocycles. The van der Waals surface area contributed by atoms with Crippen LogP contribution in [0.1, 0.15) is 12.8 Å². The van der Waals surface area contributed by atoms with E-state index in [4.69, 9.17) is 0 Å². The van der Waals surface area contributed by atoms with Gasteiger partial charge in [-0.15, -0.1) is 0 Å². The Kier molecular flexibility index (Phi) is 2.71. The summed E-state index contributed by atoms with van der Waals surface area (Å²) >= 11 is 0. The third-order valence-corrected chi connectivity index (χ3v) is 4.60. The Morgan fingerprint density at radius 1 is 1.00 bits per heavy atom. The summed E-state index contributed by atoms with van der Waals surface area (Å²) in [5.74, 6) is 1.00. The smallest absolute Gasteiger partial charge is 0.0660 e. The van der Waals surface area contributed by atoms with Crippen molar-refractivity contribution in [2.45, 2.75) is 18.9 Å². The summed E-state index contributed by atoms with van der Waals surface area (Å²) in [6, 6.07) is 0.876. The van der Waals surface area contributed by atoms with Crippen LogP contribution in [0.4, 0.5) is 0 Å². The quantitative estimate of drug-likeness (QED) is 0.560. The van der Waals surface area contributed by atoms with E-state index in [0.29, 0.717) is 0 Å². The predicted octanol–water partition coefficient (Wildman–Crippen LogP) is -0.927. The summed E-state index contributed by atoms with van der Waals surface area (Å²) in [4.78, 5) is 6.87. The molecule has 0 saturated carbocycles. The van der Waals surface area contributed by atoms with Gasteiger partial charge in [0, 0.05) is 25.7 Å². The van der Waals surface area contributed by atoms with E-state index in [1.807, 2.05) is 0 Å². The molecule has 4 aliphatic heterocycles. The Bertz CT molecular complexity index is 215. The SMILES string of the molecule is [CH2-][NH+]1CCN(C2CN3CCC2CC3)CC1. The molecule has 15 heavy (non-hydrogen) atoms. The minimum atomic E-state index is 0.876. The molecule has 2 bridgehead atoms. The lowest BCUT2D eigenvalue weighted by molar-refractivity contribution is -0.859. The van der Waals surface area contributed by atoms with Gasteiger partial charge in [0.15, 0.2) is 0 Å². The van der Waals surface area contributed by atoms with E-state index >= 15 is 0 Å². The largest absolute Gasteiger partial charge is 0.466 e.